The lowest BCUT2D eigenvalue weighted by Crippen LogP contribution is -2.48. The van der Waals surface area contributed by atoms with Crippen molar-refractivity contribution in [1.82, 2.24) is 5.32 Å². The number of methoxy groups -OCH3 is 1. The Hall–Kier alpha value is -1.75. The summed E-state index contributed by atoms with van der Waals surface area (Å²) in [5.41, 5.74) is 7.76. The summed E-state index contributed by atoms with van der Waals surface area (Å²) >= 11 is 6.12. The molecule has 0 radical (unpaired) electrons. The van der Waals surface area contributed by atoms with Gasteiger partial charge in [0, 0.05) is 28.6 Å². The smallest absolute Gasteiger partial charge is 0.330 e. The fourth-order valence-corrected chi connectivity index (χ4v) is 2.07. The van der Waals surface area contributed by atoms with Gasteiger partial charge in [0.1, 0.15) is 5.54 Å². The highest BCUT2D eigenvalue weighted by atomic mass is 35.5. The predicted molar refractivity (Wildman–Crippen MR) is 72.8 cm³/mol. The monoisotopic (exact) mass is 282 g/mol. The maximum Gasteiger partial charge on any atom is 0.330 e. The van der Waals surface area contributed by atoms with Crippen LogP contribution in [0.4, 0.5) is 0 Å². The molecule has 0 spiro atoms. The number of carbonyl (C=O) groups excluding carboxylic acids is 1. The van der Waals surface area contributed by atoms with Crippen LogP contribution < -0.4 is 5.32 Å². The molecular formula is C12H15ClN4O2. The quantitative estimate of drug-likeness (QED) is 0.286. The third-order valence-corrected chi connectivity index (χ3v) is 3.09. The van der Waals surface area contributed by atoms with E-state index < -0.39 is 11.5 Å². The number of rotatable bonds is 6. The van der Waals surface area contributed by atoms with E-state index in [1.54, 1.807) is 31.2 Å². The second-order valence-corrected chi connectivity index (χ2v) is 4.38. The molecule has 0 saturated carbocycles. The van der Waals surface area contributed by atoms with Gasteiger partial charge in [-0.05, 0) is 18.5 Å². The van der Waals surface area contributed by atoms with Gasteiger partial charge < -0.3 is 4.74 Å². The first-order valence-corrected chi connectivity index (χ1v) is 6.03. The van der Waals surface area contributed by atoms with Crippen molar-refractivity contribution in [3.05, 3.63) is 45.3 Å². The van der Waals surface area contributed by atoms with E-state index in [9.17, 15) is 4.79 Å². The van der Waals surface area contributed by atoms with Crippen molar-refractivity contribution in [2.75, 3.05) is 20.2 Å². The Balaban J connectivity index is 3.03. The minimum absolute atomic E-state index is 0.230. The average molecular weight is 283 g/mol. The summed E-state index contributed by atoms with van der Waals surface area (Å²) in [4.78, 5) is 14.7. The van der Waals surface area contributed by atoms with Crippen LogP contribution in [0.15, 0.2) is 29.4 Å². The highest BCUT2D eigenvalue weighted by molar-refractivity contribution is 6.31. The van der Waals surface area contributed by atoms with Gasteiger partial charge in [-0.25, -0.2) is 4.79 Å². The molecule has 0 aliphatic heterocycles. The maximum absolute atomic E-state index is 12.0. The molecule has 102 valence electrons. The summed E-state index contributed by atoms with van der Waals surface area (Å²) < 4.78 is 4.82. The van der Waals surface area contributed by atoms with Crippen molar-refractivity contribution in [2.24, 2.45) is 5.11 Å². The Bertz CT molecular complexity index is 502. The number of ether oxygens (including phenoxy) is 1. The van der Waals surface area contributed by atoms with Crippen LogP contribution in [0.5, 0.6) is 0 Å². The number of azide groups is 1. The van der Waals surface area contributed by atoms with E-state index in [0.717, 1.165) is 0 Å². The Labute approximate surface area is 116 Å². The molecule has 7 heteroatoms. The Morgan fingerprint density at radius 2 is 2.26 bits per heavy atom. The Morgan fingerprint density at radius 3 is 2.84 bits per heavy atom. The van der Waals surface area contributed by atoms with E-state index in [1.807, 2.05) is 0 Å². The van der Waals surface area contributed by atoms with Gasteiger partial charge in [-0.15, -0.1) is 0 Å². The molecule has 0 amide bonds. The standard InChI is InChI=1S/C12H15ClN4O2/c1-12(11(18)19-2,15-7-8-16-17-14)9-5-3-4-6-10(9)13/h3-6,15H,7-8H2,1-2H3. The first kappa shape index (κ1) is 15.3. The minimum atomic E-state index is -1.09. The second kappa shape index (κ2) is 6.99. The van der Waals surface area contributed by atoms with E-state index in [1.165, 1.54) is 7.11 Å². The first-order chi connectivity index (χ1) is 9.06. The number of nitrogens with one attached hydrogen (secondary N) is 1. The zero-order chi connectivity index (χ0) is 14.3. The van der Waals surface area contributed by atoms with Crippen molar-refractivity contribution in [3.63, 3.8) is 0 Å². The molecule has 0 heterocycles. The highest BCUT2D eigenvalue weighted by Gasteiger charge is 2.37. The van der Waals surface area contributed by atoms with Gasteiger partial charge in [0.25, 0.3) is 0 Å². The molecule has 0 bridgehead atoms. The van der Waals surface area contributed by atoms with Crippen LogP contribution in [0.1, 0.15) is 12.5 Å². The molecule has 0 aliphatic carbocycles. The average Bonchev–Trinajstić information content (AvgIpc) is 2.43. The van der Waals surface area contributed by atoms with Crippen molar-refractivity contribution in [2.45, 2.75) is 12.5 Å². The van der Waals surface area contributed by atoms with E-state index in [2.05, 4.69) is 15.3 Å². The number of esters is 1. The van der Waals surface area contributed by atoms with Gasteiger partial charge in [-0.2, -0.15) is 0 Å². The number of nitrogens with zero attached hydrogens (tertiary/aromatic N) is 3. The van der Waals surface area contributed by atoms with Crippen LogP contribution >= 0.6 is 11.6 Å². The number of halogens is 1. The Kier molecular flexibility index (Phi) is 5.63. The zero-order valence-corrected chi connectivity index (χ0v) is 11.5. The number of carbonyl (C=O) groups is 1. The van der Waals surface area contributed by atoms with Gasteiger partial charge in [0.05, 0.1) is 7.11 Å². The molecule has 0 aliphatic rings. The first-order valence-electron chi connectivity index (χ1n) is 5.65. The van der Waals surface area contributed by atoms with Crippen LogP contribution in [0.25, 0.3) is 10.4 Å². The van der Waals surface area contributed by atoms with E-state index in [0.29, 0.717) is 17.1 Å². The molecule has 19 heavy (non-hydrogen) atoms. The van der Waals surface area contributed by atoms with E-state index in [4.69, 9.17) is 21.9 Å². The molecule has 1 N–H and O–H groups in total. The molecule has 0 fully saturated rings. The molecule has 1 aromatic carbocycles. The van der Waals surface area contributed by atoms with Crippen molar-refractivity contribution >= 4 is 17.6 Å². The predicted octanol–water partition coefficient (Wildman–Crippen LogP) is 2.63. The Morgan fingerprint density at radius 1 is 1.58 bits per heavy atom. The second-order valence-electron chi connectivity index (χ2n) is 3.98. The maximum atomic E-state index is 12.0. The molecule has 0 aromatic heterocycles. The lowest BCUT2D eigenvalue weighted by atomic mass is 9.92. The van der Waals surface area contributed by atoms with Gasteiger partial charge in [0.15, 0.2) is 0 Å². The topological polar surface area (TPSA) is 87.1 Å². The molecule has 1 aromatic rings. The molecule has 1 atom stereocenters. The van der Waals surface area contributed by atoms with Crippen LogP contribution in [-0.4, -0.2) is 26.2 Å². The zero-order valence-electron chi connectivity index (χ0n) is 10.8. The van der Waals surface area contributed by atoms with Crippen LogP contribution in [0, 0.1) is 0 Å². The van der Waals surface area contributed by atoms with Gasteiger partial charge in [-0.1, -0.05) is 34.9 Å². The molecule has 1 rings (SSSR count). The number of hydrogen-bond donors (Lipinski definition) is 1. The summed E-state index contributed by atoms with van der Waals surface area (Å²) in [7, 11) is 1.31. The lowest BCUT2D eigenvalue weighted by Gasteiger charge is -2.29. The number of benzene rings is 1. The molecular weight excluding hydrogens is 268 g/mol. The van der Waals surface area contributed by atoms with Crippen molar-refractivity contribution in [3.8, 4) is 0 Å². The molecule has 0 saturated heterocycles. The van der Waals surface area contributed by atoms with E-state index in [-0.39, 0.29) is 6.54 Å². The summed E-state index contributed by atoms with van der Waals surface area (Å²) in [5, 5.41) is 6.89. The molecule has 6 nitrogen and oxygen atoms in total. The molecule has 1 unspecified atom stereocenters. The third kappa shape index (κ3) is 3.61. The third-order valence-electron chi connectivity index (χ3n) is 2.76. The fourth-order valence-electron chi connectivity index (χ4n) is 1.75. The van der Waals surface area contributed by atoms with E-state index >= 15 is 0 Å². The fraction of sp³-hybridized carbons (Fsp3) is 0.417. The van der Waals surface area contributed by atoms with Crippen LogP contribution in [-0.2, 0) is 15.1 Å². The van der Waals surface area contributed by atoms with Gasteiger partial charge in [-0.3, -0.25) is 5.32 Å². The summed E-state index contributed by atoms with van der Waals surface area (Å²) in [5.74, 6) is -0.457. The summed E-state index contributed by atoms with van der Waals surface area (Å²) in [6.45, 7) is 2.24. The normalized spacial score (nSPS) is 13.2. The van der Waals surface area contributed by atoms with Crippen LogP contribution in [0.3, 0.4) is 0 Å². The SMILES string of the molecule is COC(=O)C(C)(NCCN=[N+]=[N-])c1ccccc1Cl. The summed E-state index contributed by atoms with van der Waals surface area (Å²) in [6, 6.07) is 7.02. The highest BCUT2D eigenvalue weighted by Crippen LogP contribution is 2.28. The van der Waals surface area contributed by atoms with Crippen molar-refractivity contribution < 1.29 is 9.53 Å². The van der Waals surface area contributed by atoms with Gasteiger partial charge >= 0.3 is 5.97 Å². The lowest BCUT2D eigenvalue weighted by molar-refractivity contribution is -0.148. The van der Waals surface area contributed by atoms with Crippen LogP contribution in [0.2, 0.25) is 5.02 Å². The number of hydrogen-bond acceptors (Lipinski definition) is 4. The van der Waals surface area contributed by atoms with Gasteiger partial charge in [0.2, 0.25) is 0 Å². The minimum Gasteiger partial charge on any atom is -0.467 e. The van der Waals surface area contributed by atoms with Crippen molar-refractivity contribution in [1.29, 1.82) is 0 Å². The largest absolute Gasteiger partial charge is 0.467 e. The summed E-state index contributed by atoms with van der Waals surface area (Å²) in [6.07, 6.45) is 0.